The third-order valence-corrected chi connectivity index (χ3v) is 3.55. The highest BCUT2D eigenvalue weighted by Gasteiger charge is 2.34. The summed E-state index contributed by atoms with van der Waals surface area (Å²) in [4.78, 5) is 35.5. The number of nitrogens with one attached hydrogen (secondary N) is 1. The summed E-state index contributed by atoms with van der Waals surface area (Å²) >= 11 is 0. The van der Waals surface area contributed by atoms with Crippen LogP contribution in [0.4, 0.5) is 0 Å². The first kappa shape index (κ1) is 16.7. The lowest BCUT2D eigenvalue weighted by Gasteiger charge is -2.16. The maximum absolute atomic E-state index is 12.3. The lowest BCUT2D eigenvalue weighted by Crippen LogP contribution is -2.41. The molecule has 6 heteroatoms. The fourth-order valence-corrected chi connectivity index (χ4v) is 2.05. The lowest BCUT2D eigenvalue weighted by molar-refractivity contribution is -0.135. The van der Waals surface area contributed by atoms with Crippen molar-refractivity contribution < 1.29 is 19.1 Å². The van der Waals surface area contributed by atoms with Gasteiger partial charge in [-0.25, -0.2) is 0 Å². The number of nitrogens with zero attached hydrogens (tertiary/aromatic N) is 1. The number of nitriles is 1. The summed E-state index contributed by atoms with van der Waals surface area (Å²) in [6.45, 7) is 2.92. The molecule has 2 atom stereocenters. The van der Waals surface area contributed by atoms with Crippen LogP contribution in [-0.4, -0.2) is 29.6 Å². The highest BCUT2D eigenvalue weighted by atomic mass is 16.5. The van der Waals surface area contributed by atoms with Crippen molar-refractivity contribution in [2.75, 3.05) is 0 Å². The predicted octanol–water partition coefficient (Wildman–Crippen LogP) is 1.64. The Balaban J connectivity index is 2.03. The van der Waals surface area contributed by atoms with Crippen LogP contribution in [-0.2, 0) is 9.59 Å². The van der Waals surface area contributed by atoms with Gasteiger partial charge in [-0.05, 0) is 38.8 Å². The van der Waals surface area contributed by atoms with Gasteiger partial charge in [0.05, 0.1) is 6.07 Å². The second kappa shape index (κ2) is 7.05. The van der Waals surface area contributed by atoms with Gasteiger partial charge in [0, 0.05) is 11.6 Å². The van der Waals surface area contributed by atoms with Crippen LogP contribution in [0.25, 0.3) is 0 Å². The monoisotopic (exact) mass is 314 g/mol. The van der Waals surface area contributed by atoms with Crippen molar-refractivity contribution in [2.45, 2.75) is 38.8 Å². The Morgan fingerprint density at radius 3 is 2.61 bits per heavy atom. The van der Waals surface area contributed by atoms with E-state index in [0.717, 1.165) is 12.8 Å². The summed E-state index contributed by atoms with van der Waals surface area (Å²) in [6.07, 6.45) is 0.788. The molecule has 23 heavy (non-hydrogen) atoms. The second-order valence-electron chi connectivity index (χ2n) is 5.59. The predicted molar refractivity (Wildman–Crippen MR) is 81.8 cm³/mol. The van der Waals surface area contributed by atoms with E-state index in [2.05, 4.69) is 5.32 Å². The van der Waals surface area contributed by atoms with E-state index >= 15 is 0 Å². The minimum atomic E-state index is -1.39. The summed E-state index contributed by atoms with van der Waals surface area (Å²) < 4.78 is 5.49. The number of rotatable bonds is 7. The van der Waals surface area contributed by atoms with Crippen LogP contribution in [0.15, 0.2) is 24.3 Å². The molecule has 0 radical (unpaired) electrons. The first-order valence-corrected chi connectivity index (χ1v) is 7.43. The third kappa shape index (κ3) is 4.39. The van der Waals surface area contributed by atoms with Crippen molar-refractivity contribution in [1.82, 2.24) is 5.32 Å². The smallest absolute Gasteiger partial charge is 0.245 e. The molecule has 1 aromatic rings. The maximum Gasteiger partial charge on any atom is 0.245 e. The van der Waals surface area contributed by atoms with Gasteiger partial charge in [-0.1, -0.05) is 12.1 Å². The fourth-order valence-electron chi connectivity index (χ4n) is 2.05. The van der Waals surface area contributed by atoms with Crippen LogP contribution in [0.1, 0.15) is 37.0 Å². The number of ketones is 2. The van der Waals surface area contributed by atoms with Gasteiger partial charge < -0.3 is 10.1 Å². The Bertz CT molecular complexity index is 673. The number of carbonyl (C=O) groups excluding carboxylic acids is 3. The van der Waals surface area contributed by atoms with Gasteiger partial charge in [0.1, 0.15) is 5.75 Å². The minimum Gasteiger partial charge on any atom is -0.483 e. The Morgan fingerprint density at radius 2 is 2.04 bits per heavy atom. The number of hydrogen-bond acceptors (Lipinski definition) is 5. The Labute approximate surface area is 134 Å². The van der Waals surface area contributed by atoms with E-state index in [0.29, 0.717) is 11.3 Å². The Hall–Kier alpha value is -2.68. The summed E-state index contributed by atoms with van der Waals surface area (Å²) in [5, 5.41) is 11.7. The van der Waals surface area contributed by atoms with Gasteiger partial charge in [-0.3, -0.25) is 14.4 Å². The van der Waals surface area contributed by atoms with Crippen LogP contribution >= 0.6 is 0 Å². The van der Waals surface area contributed by atoms with Gasteiger partial charge >= 0.3 is 0 Å². The van der Waals surface area contributed by atoms with Crippen LogP contribution in [0.5, 0.6) is 5.75 Å². The Kier molecular flexibility index (Phi) is 5.12. The third-order valence-electron chi connectivity index (χ3n) is 3.55. The van der Waals surface area contributed by atoms with E-state index in [-0.39, 0.29) is 11.8 Å². The summed E-state index contributed by atoms with van der Waals surface area (Å²) in [5.74, 6) is -2.33. The zero-order chi connectivity index (χ0) is 17.0. The maximum atomic E-state index is 12.3. The molecule has 0 saturated heterocycles. The molecule has 0 aliphatic heterocycles. The first-order chi connectivity index (χ1) is 10.9. The van der Waals surface area contributed by atoms with Gasteiger partial charge in [-0.15, -0.1) is 0 Å². The number of benzene rings is 1. The molecule has 0 spiro atoms. The molecule has 1 fully saturated rings. The zero-order valence-electron chi connectivity index (χ0n) is 13.0. The fraction of sp³-hybridized carbons (Fsp3) is 0.412. The molecule has 120 valence electrons. The average Bonchev–Trinajstić information content (AvgIpc) is 3.31. The molecule has 0 aromatic heterocycles. The van der Waals surface area contributed by atoms with Gasteiger partial charge in [0.25, 0.3) is 0 Å². The number of carbonyl (C=O) groups is 3. The summed E-state index contributed by atoms with van der Waals surface area (Å²) in [7, 11) is 0. The Morgan fingerprint density at radius 1 is 1.35 bits per heavy atom. The standard InChI is InChI=1S/C17H18N2O4/c1-10(20)12-4-3-5-14(8-12)23-11(2)16(21)15(9-18)17(22)19-13-6-7-13/h3-5,8,11,13,15H,6-7H2,1-2H3,(H,19,22)/t11-,15+/m0/s1. The zero-order valence-corrected chi connectivity index (χ0v) is 13.0. The van der Waals surface area contributed by atoms with Crippen LogP contribution in [0.3, 0.4) is 0 Å². The molecular weight excluding hydrogens is 296 g/mol. The van der Waals surface area contributed by atoms with Gasteiger partial charge in [-0.2, -0.15) is 5.26 Å². The molecule has 1 saturated carbocycles. The number of ether oxygens (including phenoxy) is 1. The van der Waals surface area contributed by atoms with E-state index in [1.54, 1.807) is 24.3 Å². The topological polar surface area (TPSA) is 96.3 Å². The molecule has 0 heterocycles. The normalized spacial score (nSPS) is 15.9. The SMILES string of the molecule is CC(=O)c1cccc(O[C@@H](C)C(=O)[C@@H](C#N)C(=O)NC2CC2)c1. The first-order valence-electron chi connectivity index (χ1n) is 7.43. The minimum absolute atomic E-state index is 0.0784. The van der Waals surface area contributed by atoms with Crippen molar-refractivity contribution in [3.63, 3.8) is 0 Å². The van der Waals surface area contributed by atoms with Crippen LogP contribution in [0, 0.1) is 17.2 Å². The second-order valence-corrected chi connectivity index (χ2v) is 5.59. The highest BCUT2D eigenvalue weighted by Crippen LogP contribution is 2.20. The van der Waals surface area contributed by atoms with Gasteiger partial charge in [0.2, 0.25) is 5.91 Å². The molecule has 1 aliphatic rings. The molecule has 1 aromatic carbocycles. The van der Waals surface area contributed by atoms with E-state index in [4.69, 9.17) is 10.00 Å². The van der Waals surface area contributed by atoms with Crippen LogP contribution in [0.2, 0.25) is 0 Å². The molecule has 0 unspecified atom stereocenters. The number of hydrogen-bond donors (Lipinski definition) is 1. The number of amides is 1. The van der Waals surface area contributed by atoms with Crippen LogP contribution < -0.4 is 10.1 Å². The summed E-state index contributed by atoms with van der Waals surface area (Å²) in [6, 6.07) is 8.24. The average molecular weight is 314 g/mol. The number of Topliss-reactive ketones (excluding diaryl/α,β-unsaturated/α-hetero) is 2. The lowest BCUT2D eigenvalue weighted by atomic mass is 10.0. The molecule has 1 aliphatic carbocycles. The van der Waals surface area contributed by atoms with E-state index in [1.165, 1.54) is 19.9 Å². The summed E-state index contributed by atoms with van der Waals surface area (Å²) in [5.41, 5.74) is 0.463. The molecule has 1 N–H and O–H groups in total. The molecule has 0 bridgehead atoms. The van der Waals surface area contributed by atoms with E-state index in [9.17, 15) is 14.4 Å². The molecular formula is C17H18N2O4. The molecule has 2 rings (SSSR count). The molecule has 1 amide bonds. The van der Waals surface area contributed by atoms with E-state index < -0.39 is 23.7 Å². The van der Waals surface area contributed by atoms with Crippen molar-refractivity contribution >= 4 is 17.5 Å². The van der Waals surface area contributed by atoms with Crippen molar-refractivity contribution in [3.05, 3.63) is 29.8 Å². The highest BCUT2D eigenvalue weighted by molar-refractivity contribution is 6.06. The largest absolute Gasteiger partial charge is 0.483 e. The van der Waals surface area contributed by atoms with Crippen molar-refractivity contribution in [3.8, 4) is 11.8 Å². The van der Waals surface area contributed by atoms with Crippen molar-refractivity contribution in [2.24, 2.45) is 5.92 Å². The van der Waals surface area contributed by atoms with Crippen molar-refractivity contribution in [1.29, 1.82) is 5.26 Å². The van der Waals surface area contributed by atoms with E-state index in [1.807, 2.05) is 0 Å². The molecule has 6 nitrogen and oxygen atoms in total. The van der Waals surface area contributed by atoms with Gasteiger partial charge in [0.15, 0.2) is 23.6 Å². The quantitative estimate of drug-likeness (QED) is 0.609.